The molecule has 1 aliphatic heterocycles. The summed E-state index contributed by atoms with van der Waals surface area (Å²) in [6.07, 6.45) is 1.72. The van der Waals surface area contributed by atoms with Crippen LogP contribution >= 0.6 is 0 Å². The number of amides is 2. The highest BCUT2D eigenvalue weighted by Crippen LogP contribution is 2.54. The number of hydrogen-bond donors (Lipinski definition) is 2. The number of nitriles is 3. The number of carbonyl (C=O) groups excluding carboxylic acids is 1. The van der Waals surface area contributed by atoms with Crippen molar-refractivity contribution in [2.24, 2.45) is 22.8 Å². The van der Waals surface area contributed by atoms with Gasteiger partial charge in [0, 0.05) is 24.9 Å². The highest BCUT2D eigenvalue weighted by molar-refractivity contribution is 5.73. The summed E-state index contributed by atoms with van der Waals surface area (Å²) < 4.78 is 5.29. The predicted octanol–water partition coefficient (Wildman–Crippen LogP) is 1.50. The summed E-state index contributed by atoms with van der Waals surface area (Å²) in [6, 6.07) is 12.5. The van der Waals surface area contributed by atoms with Crippen LogP contribution in [0.25, 0.3) is 0 Å². The van der Waals surface area contributed by atoms with Crippen molar-refractivity contribution in [2.45, 2.75) is 5.92 Å². The Labute approximate surface area is 162 Å². The SMILES string of the molecule is COc1cccc([C@H]2[C@H]3CN(C(N)=O)CC=C3C(C#N)=C(N)C2(C#N)C#N)c1. The Bertz CT molecular complexity index is 1010. The van der Waals surface area contributed by atoms with Gasteiger partial charge in [-0.05, 0) is 23.3 Å². The number of rotatable bonds is 2. The van der Waals surface area contributed by atoms with Gasteiger partial charge in [-0.25, -0.2) is 4.79 Å². The molecule has 1 heterocycles. The lowest BCUT2D eigenvalue weighted by Crippen LogP contribution is -2.50. The zero-order chi connectivity index (χ0) is 20.5. The summed E-state index contributed by atoms with van der Waals surface area (Å²) in [7, 11) is 1.52. The van der Waals surface area contributed by atoms with Crippen molar-refractivity contribution in [1.29, 1.82) is 15.8 Å². The van der Waals surface area contributed by atoms with E-state index in [0.717, 1.165) is 0 Å². The van der Waals surface area contributed by atoms with Crippen molar-refractivity contribution in [2.75, 3.05) is 20.2 Å². The van der Waals surface area contributed by atoms with Crippen LogP contribution in [0.15, 0.2) is 47.2 Å². The third-order valence-electron chi connectivity index (χ3n) is 5.43. The van der Waals surface area contributed by atoms with Gasteiger partial charge in [-0.3, -0.25) is 0 Å². The Morgan fingerprint density at radius 1 is 1.32 bits per heavy atom. The van der Waals surface area contributed by atoms with E-state index < -0.39 is 23.3 Å². The summed E-state index contributed by atoms with van der Waals surface area (Å²) in [4.78, 5) is 13.2. The smallest absolute Gasteiger partial charge is 0.315 e. The topological polar surface area (TPSA) is 153 Å². The number of fused-ring (bicyclic) bond motifs is 1. The van der Waals surface area contributed by atoms with Crippen LogP contribution in [0.1, 0.15) is 11.5 Å². The van der Waals surface area contributed by atoms with Gasteiger partial charge in [-0.2, -0.15) is 15.8 Å². The predicted molar refractivity (Wildman–Crippen MR) is 98.9 cm³/mol. The van der Waals surface area contributed by atoms with Crippen LogP contribution < -0.4 is 16.2 Å². The van der Waals surface area contributed by atoms with Gasteiger partial charge < -0.3 is 21.1 Å². The molecular formula is C20H18N6O2. The largest absolute Gasteiger partial charge is 0.497 e. The second kappa shape index (κ2) is 6.98. The summed E-state index contributed by atoms with van der Waals surface area (Å²) >= 11 is 0. The average molecular weight is 374 g/mol. The Hall–Kier alpha value is -3.96. The molecule has 140 valence electrons. The maximum absolute atomic E-state index is 11.8. The lowest BCUT2D eigenvalue weighted by Gasteiger charge is -2.45. The molecule has 1 aromatic rings. The number of carbonyl (C=O) groups is 1. The van der Waals surface area contributed by atoms with E-state index in [0.29, 0.717) is 16.9 Å². The molecule has 2 atom stereocenters. The molecule has 0 unspecified atom stereocenters. The molecule has 1 aromatic carbocycles. The number of primary amides is 1. The van der Waals surface area contributed by atoms with Crippen LogP contribution in [0, 0.1) is 45.3 Å². The quantitative estimate of drug-likeness (QED) is 0.800. The van der Waals surface area contributed by atoms with E-state index in [4.69, 9.17) is 16.2 Å². The summed E-state index contributed by atoms with van der Waals surface area (Å²) in [6.45, 7) is 0.406. The van der Waals surface area contributed by atoms with Gasteiger partial charge in [-0.15, -0.1) is 0 Å². The molecule has 0 bridgehead atoms. The third kappa shape index (κ3) is 2.62. The van der Waals surface area contributed by atoms with E-state index in [-0.39, 0.29) is 24.4 Å². The van der Waals surface area contributed by atoms with Crippen LogP contribution in [0.5, 0.6) is 5.75 Å². The molecule has 8 heteroatoms. The van der Waals surface area contributed by atoms with Crippen molar-refractivity contribution < 1.29 is 9.53 Å². The Morgan fingerprint density at radius 3 is 2.61 bits per heavy atom. The molecule has 0 radical (unpaired) electrons. The van der Waals surface area contributed by atoms with Crippen molar-refractivity contribution in [3.8, 4) is 24.0 Å². The lowest BCUT2D eigenvalue weighted by molar-refractivity contribution is 0.190. The van der Waals surface area contributed by atoms with Crippen molar-refractivity contribution in [3.63, 3.8) is 0 Å². The van der Waals surface area contributed by atoms with Gasteiger partial charge in [0.15, 0.2) is 5.41 Å². The first-order chi connectivity index (χ1) is 13.4. The second-order valence-electron chi connectivity index (χ2n) is 6.70. The molecule has 3 rings (SSSR count). The number of ether oxygens (including phenoxy) is 1. The molecule has 0 spiro atoms. The highest BCUT2D eigenvalue weighted by Gasteiger charge is 2.54. The van der Waals surface area contributed by atoms with Crippen LogP contribution in [0.3, 0.4) is 0 Å². The van der Waals surface area contributed by atoms with Crippen molar-refractivity contribution in [3.05, 3.63) is 52.7 Å². The minimum atomic E-state index is -1.76. The normalized spacial score (nSPS) is 22.8. The van der Waals surface area contributed by atoms with Crippen LogP contribution in [0.4, 0.5) is 4.79 Å². The number of nitrogens with zero attached hydrogens (tertiary/aromatic N) is 4. The fraction of sp³-hybridized carbons (Fsp3) is 0.300. The minimum absolute atomic E-state index is 0.0668. The summed E-state index contributed by atoms with van der Waals surface area (Å²) in [5.74, 6) is -0.637. The van der Waals surface area contributed by atoms with Crippen LogP contribution in [0.2, 0.25) is 0 Å². The fourth-order valence-electron chi connectivity index (χ4n) is 4.07. The first-order valence-electron chi connectivity index (χ1n) is 8.55. The highest BCUT2D eigenvalue weighted by atomic mass is 16.5. The van der Waals surface area contributed by atoms with E-state index >= 15 is 0 Å². The average Bonchev–Trinajstić information content (AvgIpc) is 2.72. The molecule has 0 fully saturated rings. The maximum atomic E-state index is 11.8. The maximum Gasteiger partial charge on any atom is 0.315 e. The minimum Gasteiger partial charge on any atom is -0.497 e. The number of allylic oxidation sites excluding steroid dienone is 2. The summed E-state index contributed by atoms with van der Waals surface area (Å²) in [5.41, 5.74) is 11.3. The zero-order valence-electron chi connectivity index (χ0n) is 15.2. The lowest BCUT2D eigenvalue weighted by atomic mass is 9.58. The molecule has 1 aliphatic carbocycles. The number of nitrogens with two attached hydrogens (primary N) is 2. The second-order valence-corrected chi connectivity index (χ2v) is 6.70. The monoisotopic (exact) mass is 374 g/mol. The van der Waals surface area contributed by atoms with Crippen molar-refractivity contribution >= 4 is 6.03 Å². The molecule has 2 aliphatic rings. The standard InChI is InChI=1S/C20H18N6O2/c1-28-13-4-2-3-12(7-13)17-16-9-26(19(25)27)6-5-14(16)15(8-21)18(24)20(17,10-22)11-23/h2-5,7,16-17H,6,9,24H2,1H3,(H2,25,27)/t16-,17-/m0/s1. The fourth-order valence-corrected chi connectivity index (χ4v) is 4.07. The van der Waals surface area contributed by atoms with Gasteiger partial charge in [-0.1, -0.05) is 18.2 Å². The number of benzene rings is 1. The van der Waals surface area contributed by atoms with Crippen LogP contribution in [-0.2, 0) is 0 Å². The molecule has 0 aromatic heterocycles. The van der Waals surface area contributed by atoms with E-state index in [1.807, 2.05) is 18.2 Å². The van der Waals surface area contributed by atoms with Gasteiger partial charge in [0.2, 0.25) is 0 Å². The Morgan fingerprint density at radius 2 is 2.04 bits per heavy atom. The van der Waals surface area contributed by atoms with Crippen LogP contribution in [-0.4, -0.2) is 31.1 Å². The molecule has 0 saturated heterocycles. The number of methoxy groups -OCH3 is 1. The molecule has 28 heavy (non-hydrogen) atoms. The molecule has 2 amide bonds. The number of hydrogen-bond acceptors (Lipinski definition) is 6. The van der Waals surface area contributed by atoms with E-state index in [1.165, 1.54) is 12.0 Å². The molecule has 0 saturated carbocycles. The third-order valence-corrected chi connectivity index (χ3v) is 5.43. The first kappa shape index (κ1) is 18.8. The van der Waals surface area contributed by atoms with E-state index in [1.54, 1.807) is 30.3 Å². The van der Waals surface area contributed by atoms with Gasteiger partial charge in [0.1, 0.15) is 11.8 Å². The Kier molecular flexibility index (Phi) is 4.69. The van der Waals surface area contributed by atoms with E-state index in [2.05, 4.69) is 0 Å². The van der Waals surface area contributed by atoms with E-state index in [9.17, 15) is 20.6 Å². The van der Waals surface area contributed by atoms with Gasteiger partial charge in [0.25, 0.3) is 0 Å². The van der Waals surface area contributed by atoms with Gasteiger partial charge >= 0.3 is 6.03 Å². The molecule has 4 N–H and O–H groups in total. The first-order valence-corrected chi connectivity index (χ1v) is 8.55. The Balaban J connectivity index is 2.31. The van der Waals surface area contributed by atoms with Crippen molar-refractivity contribution in [1.82, 2.24) is 4.90 Å². The summed E-state index contributed by atoms with van der Waals surface area (Å²) in [5, 5.41) is 29.7. The zero-order valence-corrected chi connectivity index (χ0v) is 15.2. The molecule has 8 nitrogen and oxygen atoms in total. The van der Waals surface area contributed by atoms with Gasteiger partial charge in [0.05, 0.1) is 30.5 Å². The molecular weight excluding hydrogens is 356 g/mol. The number of urea groups is 1.